The van der Waals surface area contributed by atoms with Gasteiger partial charge in [0, 0.05) is 30.4 Å². The molecule has 0 radical (unpaired) electrons. The van der Waals surface area contributed by atoms with Crippen LogP contribution in [0.1, 0.15) is 23.2 Å². The molecule has 2 aromatic rings. The molecule has 0 aromatic heterocycles. The molecule has 1 fully saturated rings. The SMILES string of the molecule is COCCOc1ccc(Br)cc1C(=O)Nc1ccc(S(=O)(=O)N2CCCC2)cc1. The number of nitrogens with zero attached hydrogens (tertiary/aromatic N) is 1. The Kier molecular flexibility index (Phi) is 7.28. The lowest BCUT2D eigenvalue weighted by atomic mass is 10.2. The zero-order valence-electron chi connectivity index (χ0n) is 16.1. The quantitative estimate of drug-likeness (QED) is 0.581. The van der Waals surface area contributed by atoms with E-state index in [4.69, 9.17) is 9.47 Å². The highest BCUT2D eigenvalue weighted by molar-refractivity contribution is 9.10. The number of halogens is 1. The zero-order valence-corrected chi connectivity index (χ0v) is 18.5. The van der Waals surface area contributed by atoms with Crippen molar-refractivity contribution >= 4 is 37.5 Å². The molecule has 0 saturated carbocycles. The monoisotopic (exact) mass is 482 g/mol. The minimum atomic E-state index is -3.48. The molecule has 1 amide bonds. The maximum absolute atomic E-state index is 12.7. The Labute approximate surface area is 179 Å². The molecule has 0 bridgehead atoms. The summed E-state index contributed by atoms with van der Waals surface area (Å²) in [6.07, 6.45) is 1.77. The van der Waals surface area contributed by atoms with Gasteiger partial charge in [0.25, 0.3) is 5.91 Å². The Morgan fingerprint density at radius 1 is 1.10 bits per heavy atom. The predicted molar refractivity (Wildman–Crippen MR) is 114 cm³/mol. The number of hydrogen-bond acceptors (Lipinski definition) is 5. The molecule has 7 nitrogen and oxygen atoms in total. The van der Waals surface area contributed by atoms with E-state index in [9.17, 15) is 13.2 Å². The predicted octanol–water partition coefficient (Wildman–Crippen LogP) is 3.51. The molecule has 9 heteroatoms. The van der Waals surface area contributed by atoms with E-state index in [0.29, 0.717) is 43.3 Å². The lowest BCUT2D eigenvalue weighted by Crippen LogP contribution is -2.27. The Morgan fingerprint density at radius 3 is 2.45 bits per heavy atom. The van der Waals surface area contributed by atoms with Crippen LogP contribution in [0.5, 0.6) is 5.75 Å². The molecule has 156 valence electrons. The summed E-state index contributed by atoms with van der Waals surface area (Å²) in [6.45, 7) is 1.83. The van der Waals surface area contributed by atoms with Crippen LogP contribution in [0.3, 0.4) is 0 Å². The number of rotatable bonds is 8. The number of anilines is 1. The van der Waals surface area contributed by atoms with Crippen molar-refractivity contribution < 1.29 is 22.7 Å². The smallest absolute Gasteiger partial charge is 0.259 e. The molecule has 1 aliphatic heterocycles. The number of methoxy groups -OCH3 is 1. The molecule has 0 atom stereocenters. The van der Waals surface area contributed by atoms with Crippen molar-refractivity contribution in [1.29, 1.82) is 0 Å². The molecular formula is C20H23BrN2O5S. The van der Waals surface area contributed by atoms with Crippen LogP contribution in [-0.2, 0) is 14.8 Å². The number of sulfonamides is 1. The summed E-state index contributed by atoms with van der Waals surface area (Å²) in [5.74, 6) is 0.0878. The normalized spacial score (nSPS) is 14.7. The van der Waals surface area contributed by atoms with E-state index in [-0.39, 0.29) is 10.8 Å². The van der Waals surface area contributed by atoms with Crippen molar-refractivity contribution in [1.82, 2.24) is 4.31 Å². The first kappa shape index (κ1) is 21.8. The fourth-order valence-corrected chi connectivity index (χ4v) is 4.90. The topological polar surface area (TPSA) is 84.9 Å². The number of ether oxygens (including phenoxy) is 2. The van der Waals surface area contributed by atoms with Crippen LogP contribution < -0.4 is 10.1 Å². The van der Waals surface area contributed by atoms with E-state index in [2.05, 4.69) is 21.2 Å². The lowest BCUT2D eigenvalue weighted by Gasteiger charge is -2.16. The second-order valence-electron chi connectivity index (χ2n) is 6.57. The van der Waals surface area contributed by atoms with E-state index in [1.165, 1.54) is 16.4 Å². The van der Waals surface area contributed by atoms with Gasteiger partial charge in [-0.2, -0.15) is 4.31 Å². The first-order valence-electron chi connectivity index (χ1n) is 9.24. The molecule has 29 heavy (non-hydrogen) atoms. The summed E-state index contributed by atoms with van der Waals surface area (Å²) >= 11 is 3.36. The molecule has 1 saturated heterocycles. The summed E-state index contributed by atoms with van der Waals surface area (Å²) in [5, 5.41) is 2.79. The molecule has 2 aromatic carbocycles. The summed E-state index contributed by atoms with van der Waals surface area (Å²) < 4.78 is 38.0. The van der Waals surface area contributed by atoms with E-state index >= 15 is 0 Å². The molecule has 0 spiro atoms. The van der Waals surface area contributed by atoms with Crippen LogP contribution in [-0.4, -0.2) is 52.0 Å². The summed E-state index contributed by atoms with van der Waals surface area (Å²) in [6, 6.07) is 11.4. The Morgan fingerprint density at radius 2 is 1.79 bits per heavy atom. The fourth-order valence-electron chi connectivity index (χ4n) is 3.03. The van der Waals surface area contributed by atoms with Crippen LogP contribution >= 0.6 is 15.9 Å². The van der Waals surface area contributed by atoms with Gasteiger partial charge in [0.05, 0.1) is 17.1 Å². The van der Waals surface area contributed by atoms with Gasteiger partial charge in [-0.15, -0.1) is 0 Å². The molecule has 1 aliphatic rings. The van der Waals surface area contributed by atoms with Crippen LogP contribution in [0.15, 0.2) is 51.8 Å². The highest BCUT2D eigenvalue weighted by Gasteiger charge is 2.27. The van der Waals surface area contributed by atoms with Gasteiger partial charge < -0.3 is 14.8 Å². The van der Waals surface area contributed by atoms with Crippen molar-refractivity contribution in [3.8, 4) is 5.75 Å². The third-order valence-electron chi connectivity index (χ3n) is 4.55. The van der Waals surface area contributed by atoms with Gasteiger partial charge >= 0.3 is 0 Å². The van der Waals surface area contributed by atoms with Crippen molar-refractivity contribution in [3.05, 3.63) is 52.5 Å². The zero-order chi connectivity index (χ0) is 20.9. The molecule has 0 aliphatic carbocycles. The number of hydrogen-bond donors (Lipinski definition) is 1. The van der Waals surface area contributed by atoms with Crippen molar-refractivity contribution in [2.45, 2.75) is 17.7 Å². The Balaban J connectivity index is 1.73. The maximum Gasteiger partial charge on any atom is 0.259 e. The summed E-state index contributed by atoms with van der Waals surface area (Å²) in [5.41, 5.74) is 0.863. The van der Waals surface area contributed by atoms with Crippen LogP contribution in [0.4, 0.5) is 5.69 Å². The summed E-state index contributed by atoms with van der Waals surface area (Å²) in [7, 11) is -1.90. The van der Waals surface area contributed by atoms with Gasteiger partial charge in [-0.3, -0.25) is 4.79 Å². The number of carbonyl (C=O) groups excluding carboxylic acids is 1. The van der Waals surface area contributed by atoms with Gasteiger partial charge in [0.15, 0.2) is 0 Å². The molecule has 1 heterocycles. The van der Waals surface area contributed by atoms with Crippen molar-refractivity contribution in [2.75, 3.05) is 38.7 Å². The third kappa shape index (κ3) is 5.36. The molecular weight excluding hydrogens is 460 g/mol. The Hall–Kier alpha value is -1.94. The number of carbonyl (C=O) groups is 1. The number of amides is 1. The van der Waals surface area contributed by atoms with Gasteiger partial charge in [0.1, 0.15) is 12.4 Å². The van der Waals surface area contributed by atoms with Gasteiger partial charge in [-0.1, -0.05) is 15.9 Å². The summed E-state index contributed by atoms with van der Waals surface area (Å²) in [4.78, 5) is 13.0. The maximum atomic E-state index is 12.7. The second-order valence-corrected chi connectivity index (χ2v) is 9.43. The minimum Gasteiger partial charge on any atom is -0.490 e. The van der Waals surface area contributed by atoms with Crippen LogP contribution in [0.25, 0.3) is 0 Å². The van der Waals surface area contributed by atoms with Crippen LogP contribution in [0.2, 0.25) is 0 Å². The first-order chi connectivity index (χ1) is 13.9. The van der Waals surface area contributed by atoms with Gasteiger partial charge in [-0.25, -0.2) is 8.42 Å². The average Bonchev–Trinajstić information content (AvgIpc) is 3.25. The number of nitrogens with one attached hydrogen (secondary N) is 1. The molecule has 1 N–H and O–H groups in total. The highest BCUT2D eigenvalue weighted by atomic mass is 79.9. The Bertz CT molecular complexity index is 957. The standard InChI is InChI=1S/C20H23BrN2O5S/c1-27-12-13-28-19-9-4-15(21)14-18(19)20(24)22-16-5-7-17(8-6-16)29(25,26)23-10-2-3-11-23/h4-9,14H,2-3,10-13H2,1H3,(H,22,24). The highest BCUT2D eigenvalue weighted by Crippen LogP contribution is 2.26. The average molecular weight is 483 g/mol. The van der Waals surface area contributed by atoms with Gasteiger partial charge in [-0.05, 0) is 55.3 Å². The second kappa shape index (κ2) is 9.71. The van der Waals surface area contributed by atoms with E-state index in [1.807, 2.05) is 0 Å². The minimum absolute atomic E-state index is 0.225. The van der Waals surface area contributed by atoms with E-state index in [1.54, 1.807) is 37.4 Å². The number of benzene rings is 2. The first-order valence-corrected chi connectivity index (χ1v) is 11.5. The van der Waals surface area contributed by atoms with E-state index < -0.39 is 10.0 Å². The van der Waals surface area contributed by atoms with Crippen molar-refractivity contribution in [3.63, 3.8) is 0 Å². The van der Waals surface area contributed by atoms with E-state index in [0.717, 1.165) is 17.3 Å². The molecule has 0 unspecified atom stereocenters. The lowest BCUT2D eigenvalue weighted by molar-refractivity contribution is 0.101. The van der Waals surface area contributed by atoms with Crippen molar-refractivity contribution in [2.24, 2.45) is 0 Å². The van der Waals surface area contributed by atoms with Crippen LogP contribution in [0, 0.1) is 0 Å². The van der Waals surface area contributed by atoms with Gasteiger partial charge in [0.2, 0.25) is 10.0 Å². The molecule has 3 rings (SSSR count). The third-order valence-corrected chi connectivity index (χ3v) is 6.95. The largest absolute Gasteiger partial charge is 0.490 e. The fraction of sp³-hybridized carbons (Fsp3) is 0.350.